The Labute approximate surface area is 139 Å². The second-order valence-electron chi connectivity index (χ2n) is 5.65. The summed E-state index contributed by atoms with van der Waals surface area (Å²) < 4.78 is 11.0. The topological polar surface area (TPSA) is 34.6 Å². The Morgan fingerprint density at radius 2 is 1.91 bits per heavy atom. The minimum Gasteiger partial charge on any atom is -0.496 e. The molecule has 1 heterocycles. The van der Waals surface area contributed by atoms with Crippen molar-refractivity contribution in [3.63, 3.8) is 0 Å². The van der Waals surface area contributed by atoms with Crippen LogP contribution in [0.15, 0.2) is 42.7 Å². The second kappa shape index (κ2) is 8.65. The third kappa shape index (κ3) is 4.78. The zero-order valence-electron chi connectivity index (χ0n) is 14.5. The average molecular weight is 314 g/mol. The lowest BCUT2D eigenvalue weighted by Crippen LogP contribution is -2.22. The lowest BCUT2D eigenvalue weighted by molar-refractivity contribution is 0.132. The fraction of sp³-hybridized carbons (Fsp3) is 0.421. The van der Waals surface area contributed by atoms with E-state index in [0.717, 1.165) is 17.9 Å². The zero-order valence-corrected chi connectivity index (χ0v) is 14.5. The molecule has 0 aliphatic heterocycles. The van der Waals surface area contributed by atoms with Gasteiger partial charge >= 0.3 is 0 Å². The van der Waals surface area contributed by atoms with Crippen molar-refractivity contribution in [2.45, 2.75) is 33.0 Å². The van der Waals surface area contributed by atoms with Crippen molar-refractivity contribution in [2.24, 2.45) is 0 Å². The smallest absolute Gasteiger partial charge is 0.124 e. The summed E-state index contributed by atoms with van der Waals surface area (Å²) in [5, 5.41) is 0. The standard InChI is InChI=1S/C19H26N2O2/c1-5-23-14-18-12-16(6-7-19(18)22-4)13-21(3)15(2)17-8-10-20-11-9-17/h6-12,15H,5,13-14H2,1-4H3. The molecule has 0 radical (unpaired) electrons. The van der Waals surface area contributed by atoms with E-state index in [-0.39, 0.29) is 0 Å². The number of rotatable bonds is 8. The summed E-state index contributed by atoms with van der Waals surface area (Å²) in [4.78, 5) is 6.41. The first-order valence-electron chi connectivity index (χ1n) is 7.99. The molecule has 1 aromatic heterocycles. The third-order valence-corrected chi connectivity index (χ3v) is 4.09. The fourth-order valence-corrected chi connectivity index (χ4v) is 2.58. The van der Waals surface area contributed by atoms with Gasteiger partial charge in [-0.05, 0) is 56.3 Å². The molecule has 0 fully saturated rings. The number of benzene rings is 1. The second-order valence-corrected chi connectivity index (χ2v) is 5.65. The highest BCUT2D eigenvalue weighted by Gasteiger charge is 2.13. The minimum atomic E-state index is 0.329. The number of hydrogen-bond donors (Lipinski definition) is 0. The molecular weight excluding hydrogens is 288 g/mol. The van der Waals surface area contributed by atoms with Gasteiger partial charge in [-0.15, -0.1) is 0 Å². The molecule has 2 rings (SSSR count). The first-order valence-corrected chi connectivity index (χ1v) is 7.99. The molecule has 0 bridgehead atoms. The quantitative estimate of drug-likeness (QED) is 0.742. The van der Waals surface area contributed by atoms with Crippen LogP contribution in [0.1, 0.15) is 36.6 Å². The van der Waals surface area contributed by atoms with Crippen LogP contribution in [-0.4, -0.2) is 30.6 Å². The highest BCUT2D eigenvalue weighted by atomic mass is 16.5. The zero-order chi connectivity index (χ0) is 16.7. The first-order chi connectivity index (χ1) is 11.2. The summed E-state index contributed by atoms with van der Waals surface area (Å²) in [6.45, 7) is 6.36. The molecule has 23 heavy (non-hydrogen) atoms. The van der Waals surface area contributed by atoms with E-state index < -0.39 is 0 Å². The van der Waals surface area contributed by atoms with Crippen molar-refractivity contribution in [3.05, 3.63) is 59.4 Å². The average Bonchev–Trinajstić information content (AvgIpc) is 2.60. The van der Waals surface area contributed by atoms with E-state index in [2.05, 4.69) is 48.1 Å². The molecule has 2 aromatic rings. The number of aromatic nitrogens is 1. The summed E-state index contributed by atoms with van der Waals surface area (Å²) in [5.74, 6) is 0.882. The van der Waals surface area contributed by atoms with Crippen LogP contribution in [0, 0.1) is 0 Å². The molecule has 1 aromatic carbocycles. The number of pyridine rings is 1. The van der Waals surface area contributed by atoms with Gasteiger partial charge in [0.2, 0.25) is 0 Å². The lowest BCUT2D eigenvalue weighted by atomic mass is 10.1. The Balaban J connectivity index is 2.09. The van der Waals surface area contributed by atoms with Gasteiger partial charge in [-0.1, -0.05) is 6.07 Å². The minimum absolute atomic E-state index is 0.329. The molecule has 0 aliphatic rings. The molecule has 1 atom stereocenters. The van der Waals surface area contributed by atoms with Gasteiger partial charge in [0, 0.05) is 37.2 Å². The van der Waals surface area contributed by atoms with Crippen LogP contribution >= 0.6 is 0 Å². The molecule has 0 spiro atoms. The first kappa shape index (κ1) is 17.4. The van der Waals surface area contributed by atoms with E-state index in [1.54, 1.807) is 7.11 Å². The van der Waals surface area contributed by atoms with Gasteiger partial charge in [-0.25, -0.2) is 0 Å². The Kier molecular flexibility index (Phi) is 6.56. The highest BCUT2D eigenvalue weighted by molar-refractivity contribution is 5.37. The summed E-state index contributed by atoms with van der Waals surface area (Å²) in [6, 6.07) is 10.8. The molecule has 0 saturated heterocycles. The van der Waals surface area contributed by atoms with Crippen molar-refractivity contribution < 1.29 is 9.47 Å². The molecular formula is C19H26N2O2. The lowest BCUT2D eigenvalue weighted by Gasteiger charge is -2.25. The van der Waals surface area contributed by atoms with Crippen LogP contribution in [0.2, 0.25) is 0 Å². The Morgan fingerprint density at radius 1 is 1.17 bits per heavy atom. The van der Waals surface area contributed by atoms with E-state index >= 15 is 0 Å². The van der Waals surface area contributed by atoms with Crippen LogP contribution in [0.5, 0.6) is 5.75 Å². The van der Waals surface area contributed by atoms with Crippen LogP contribution < -0.4 is 4.74 Å². The number of hydrogen-bond acceptors (Lipinski definition) is 4. The van der Waals surface area contributed by atoms with Crippen LogP contribution in [0.4, 0.5) is 0 Å². The Bertz CT molecular complexity index is 602. The molecule has 4 nitrogen and oxygen atoms in total. The highest BCUT2D eigenvalue weighted by Crippen LogP contribution is 2.24. The van der Waals surface area contributed by atoms with E-state index in [9.17, 15) is 0 Å². The SMILES string of the molecule is CCOCc1cc(CN(C)C(C)c2ccncc2)ccc1OC. The maximum atomic E-state index is 5.54. The van der Waals surface area contributed by atoms with Crippen molar-refractivity contribution >= 4 is 0 Å². The normalized spacial score (nSPS) is 12.4. The van der Waals surface area contributed by atoms with Gasteiger partial charge in [0.25, 0.3) is 0 Å². The Morgan fingerprint density at radius 3 is 2.57 bits per heavy atom. The van der Waals surface area contributed by atoms with Gasteiger partial charge in [0.15, 0.2) is 0 Å². The molecule has 0 saturated carbocycles. The third-order valence-electron chi connectivity index (χ3n) is 4.09. The molecule has 124 valence electrons. The van der Waals surface area contributed by atoms with E-state index in [1.807, 2.05) is 25.4 Å². The van der Waals surface area contributed by atoms with E-state index in [1.165, 1.54) is 11.1 Å². The molecule has 0 aliphatic carbocycles. The summed E-state index contributed by atoms with van der Waals surface area (Å²) in [6.07, 6.45) is 3.68. The molecule has 0 amide bonds. The maximum absolute atomic E-state index is 5.54. The number of ether oxygens (including phenoxy) is 2. The van der Waals surface area contributed by atoms with Gasteiger partial charge in [0.05, 0.1) is 13.7 Å². The van der Waals surface area contributed by atoms with Crippen molar-refractivity contribution in [2.75, 3.05) is 20.8 Å². The number of methoxy groups -OCH3 is 1. The van der Waals surface area contributed by atoms with Gasteiger partial charge in [0.1, 0.15) is 5.75 Å². The Hall–Kier alpha value is -1.91. The van der Waals surface area contributed by atoms with Crippen molar-refractivity contribution in [3.8, 4) is 5.75 Å². The summed E-state index contributed by atoms with van der Waals surface area (Å²) in [7, 11) is 3.83. The summed E-state index contributed by atoms with van der Waals surface area (Å²) in [5.41, 5.74) is 3.62. The molecule has 0 N–H and O–H groups in total. The van der Waals surface area contributed by atoms with Crippen LogP contribution in [0.25, 0.3) is 0 Å². The van der Waals surface area contributed by atoms with Crippen molar-refractivity contribution in [1.29, 1.82) is 0 Å². The fourth-order valence-electron chi connectivity index (χ4n) is 2.58. The predicted octanol–water partition coefficient (Wildman–Crippen LogP) is 3.82. The predicted molar refractivity (Wildman–Crippen MR) is 92.4 cm³/mol. The van der Waals surface area contributed by atoms with Crippen LogP contribution in [-0.2, 0) is 17.9 Å². The van der Waals surface area contributed by atoms with E-state index in [0.29, 0.717) is 19.3 Å². The van der Waals surface area contributed by atoms with E-state index in [4.69, 9.17) is 9.47 Å². The van der Waals surface area contributed by atoms with Crippen LogP contribution in [0.3, 0.4) is 0 Å². The number of nitrogens with zero attached hydrogens (tertiary/aromatic N) is 2. The maximum Gasteiger partial charge on any atom is 0.124 e. The summed E-state index contributed by atoms with van der Waals surface area (Å²) >= 11 is 0. The van der Waals surface area contributed by atoms with Gasteiger partial charge in [-0.3, -0.25) is 9.88 Å². The monoisotopic (exact) mass is 314 g/mol. The largest absolute Gasteiger partial charge is 0.496 e. The van der Waals surface area contributed by atoms with Gasteiger partial charge < -0.3 is 9.47 Å². The molecule has 4 heteroatoms. The molecule has 1 unspecified atom stereocenters. The van der Waals surface area contributed by atoms with Crippen molar-refractivity contribution in [1.82, 2.24) is 9.88 Å². The van der Waals surface area contributed by atoms with Gasteiger partial charge in [-0.2, -0.15) is 0 Å².